The number of nitrogens with zero attached hydrogens (tertiary/aromatic N) is 2. The number of anilines is 1. The zero-order chi connectivity index (χ0) is 13.3. The van der Waals surface area contributed by atoms with E-state index in [1.54, 1.807) is 6.07 Å². The van der Waals surface area contributed by atoms with Crippen molar-refractivity contribution in [1.29, 1.82) is 0 Å². The van der Waals surface area contributed by atoms with Crippen LogP contribution in [0.1, 0.15) is 5.56 Å². The number of rotatable bonds is 2. The number of benzene rings is 1. The lowest BCUT2D eigenvalue weighted by Crippen LogP contribution is -2.07. The van der Waals surface area contributed by atoms with Gasteiger partial charge in [0.1, 0.15) is 10.8 Å². The Balaban J connectivity index is 2.47. The van der Waals surface area contributed by atoms with Crippen molar-refractivity contribution in [2.45, 2.75) is 11.2 Å². The zero-order valence-electron chi connectivity index (χ0n) is 9.40. The number of thioether (sulfide) groups is 1. The summed E-state index contributed by atoms with van der Waals surface area (Å²) >= 11 is 1.37. The predicted octanol–water partition coefficient (Wildman–Crippen LogP) is 3.20. The van der Waals surface area contributed by atoms with Gasteiger partial charge in [-0.25, -0.2) is 4.68 Å². The summed E-state index contributed by atoms with van der Waals surface area (Å²) < 4.78 is 39.1. The van der Waals surface area contributed by atoms with Crippen molar-refractivity contribution in [2.75, 3.05) is 12.0 Å². The molecule has 0 spiro atoms. The van der Waals surface area contributed by atoms with E-state index in [2.05, 4.69) is 5.10 Å². The molecule has 0 unspecified atom stereocenters. The normalized spacial score (nSPS) is 11.8. The molecular weight excluding hydrogens is 263 g/mol. The molecule has 1 aromatic heterocycles. The summed E-state index contributed by atoms with van der Waals surface area (Å²) in [6.07, 6.45) is -2.56. The van der Waals surface area contributed by atoms with Crippen LogP contribution in [0.2, 0.25) is 0 Å². The maximum atomic E-state index is 12.6. The molecule has 2 rings (SSSR count). The maximum absolute atomic E-state index is 12.6. The van der Waals surface area contributed by atoms with Crippen LogP contribution in [0.15, 0.2) is 35.4 Å². The van der Waals surface area contributed by atoms with Gasteiger partial charge in [0.05, 0.1) is 11.3 Å². The van der Waals surface area contributed by atoms with E-state index in [1.165, 1.54) is 28.6 Å². The molecule has 0 amide bonds. The van der Waals surface area contributed by atoms with Crippen LogP contribution in [0.25, 0.3) is 5.69 Å². The van der Waals surface area contributed by atoms with Crippen molar-refractivity contribution in [3.63, 3.8) is 0 Å². The van der Waals surface area contributed by atoms with E-state index in [9.17, 15) is 13.2 Å². The average molecular weight is 273 g/mol. The molecule has 0 aliphatic heterocycles. The second-order valence-electron chi connectivity index (χ2n) is 3.57. The fraction of sp³-hybridized carbons (Fsp3) is 0.182. The Labute approximate surface area is 106 Å². The average Bonchev–Trinajstić information content (AvgIpc) is 2.70. The van der Waals surface area contributed by atoms with E-state index in [4.69, 9.17) is 5.73 Å². The van der Waals surface area contributed by atoms with Gasteiger partial charge >= 0.3 is 6.18 Å². The molecule has 96 valence electrons. The highest BCUT2D eigenvalue weighted by molar-refractivity contribution is 7.98. The van der Waals surface area contributed by atoms with Gasteiger partial charge in [-0.15, -0.1) is 11.8 Å². The molecule has 0 saturated heterocycles. The lowest BCUT2D eigenvalue weighted by Gasteiger charge is -2.09. The van der Waals surface area contributed by atoms with E-state index in [0.717, 1.165) is 12.1 Å². The molecular formula is C11H10F3N3S. The van der Waals surface area contributed by atoms with E-state index in [-0.39, 0.29) is 0 Å². The van der Waals surface area contributed by atoms with Crippen LogP contribution < -0.4 is 5.73 Å². The molecule has 0 saturated carbocycles. The van der Waals surface area contributed by atoms with Crippen LogP contribution >= 0.6 is 11.8 Å². The van der Waals surface area contributed by atoms with Gasteiger partial charge in [-0.05, 0) is 24.5 Å². The van der Waals surface area contributed by atoms with Gasteiger partial charge in [-0.2, -0.15) is 18.3 Å². The van der Waals surface area contributed by atoms with Gasteiger partial charge in [0.25, 0.3) is 0 Å². The quantitative estimate of drug-likeness (QED) is 0.854. The van der Waals surface area contributed by atoms with Crippen LogP contribution in [-0.2, 0) is 6.18 Å². The first-order valence-electron chi connectivity index (χ1n) is 4.99. The standard InChI is InChI=1S/C11H10F3N3S/c1-18-10-6-9(15)17(16-10)8-4-2-3-7(5-8)11(12,13)14/h2-6H,15H2,1H3. The van der Waals surface area contributed by atoms with E-state index >= 15 is 0 Å². The lowest BCUT2D eigenvalue weighted by atomic mass is 10.2. The molecule has 0 aliphatic carbocycles. The number of nitrogens with two attached hydrogens (primary N) is 1. The fourth-order valence-electron chi connectivity index (χ4n) is 1.49. The Morgan fingerprint density at radius 3 is 2.56 bits per heavy atom. The molecule has 3 nitrogen and oxygen atoms in total. The van der Waals surface area contributed by atoms with E-state index in [1.807, 2.05) is 6.26 Å². The first-order valence-corrected chi connectivity index (χ1v) is 6.21. The Morgan fingerprint density at radius 1 is 1.28 bits per heavy atom. The molecule has 0 atom stereocenters. The fourth-order valence-corrected chi connectivity index (χ4v) is 1.90. The highest BCUT2D eigenvalue weighted by Gasteiger charge is 2.30. The number of halogens is 3. The van der Waals surface area contributed by atoms with E-state index in [0.29, 0.717) is 16.5 Å². The molecule has 1 aromatic carbocycles. The SMILES string of the molecule is CSc1cc(N)n(-c2cccc(C(F)(F)F)c2)n1. The minimum Gasteiger partial charge on any atom is -0.384 e. The van der Waals surface area contributed by atoms with Crippen LogP contribution in [0.5, 0.6) is 0 Å². The predicted molar refractivity (Wildman–Crippen MR) is 64.8 cm³/mol. The lowest BCUT2D eigenvalue weighted by molar-refractivity contribution is -0.137. The van der Waals surface area contributed by atoms with Crippen LogP contribution in [-0.4, -0.2) is 16.0 Å². The minimum atomic E-state index is -4.37. The summed E-state index contributed by atoms with van der Waals surface area (Å²) in [6, 6.07) is 6.51. The summed E-state index contributed by atoms with van der Waals surface area (Å²) in [6.45, 7) is 0. The summed E-state index contributed by atoms with van der Waals surface area (Å²) in [5, 5.41) is 4.77. The van der Waals surface area contributed by atoms with Crippen molar-refractivity contribution in [2.24, 2.45) is 0 Å². The van der Waals surface area contributed by atoms with Gasteiger partial charge in [0, 0.05) is 6.07 Å². The summed E-state index contributed by atoms with van der Waals surface area (Å²) in [5.41, 5.74) is 5.29. The minimum absolute atomic E-state index is 0.294. The summed E-state index contributed by atoms with van der Waals surface area (Å²) in [4.78, 5) is 0. The van der Waals surface area contributed by atoms with Crippen LogP contribution in [0, 0.1) is 0 Å². The van der Waals surface area contributed by atoms with Crippen molar-refractivity contribution < 1.29 is 13.2 Å². The highest BCUT2D eigenvalue weighted by atomic mass is 32.2. The van der Waals surface area contributed by atoms with Gasteiger partial charge in [0.15, 0.2) is 0 Å². The molecule has 0 fully saturated rings. The third kappa shape index (κ3) is 2.45. The highest BCUT2D eigenvalue weighted by Crippen LogP contribution is 2.31. The van der Waals surface area contributed by atoms with Gasteiger partial charge < -0.3 is 5.73 Å². The van der Waals surface area contributed by atoms with Crippen LogP contribution in [0.3, 0.4) is 0 Å². The summed E-state index contributed by atoms with van der Waals surface area (Å²) in [7, 11) is 0. The number of hydrogen-bond donors (Lipinski definition) is 1. The molecule has 2 aromatic rings. The topological polar surface area (TPSA) is 43.8 Å². The van der Waals surface area contributed by atoms with Crippen molar-refractivity contribution in [1.82, 2.24) is 9.78 Å². The Kier molecular flexibility index (Phi) is 3.25. The Hall–Kier alpha value is -1.63. The number of nitrogen functional groups attached to an aromatic ring is 1. The van der Waals surface area contributed by atoms with Crippen molar-refractivity contribution in [3.8, 4) is 5.69 Å². The Bertz CT molecular complexity index is 563. The van der Waals surface area contributed by atoms with Crippen LogP contribution in [0.4, 0.5) is 19.0 Å². The molecule has 2 N–H and O–H groups in total. The smallest absolute Gasteiger partial charge is 0.384 e. The monoisotopic (exact) mass is 273 g/mol. The van der Waals surface area contributed by atoms with Gasteiger partial charge in [0.2, 0.25) is 0 Å². The van der Waals surface area contributed by atoms with Gasteiger partial charge in [-0.3, -0.25) is 0 Å². The zero-order valence-corrected chi connectivity index (χ0v) is 10.2. The van der Waals surface area contributed by atoms with Crippen molar-refractivity contribution >= 4 is 17.6 Å². The molecule has 0 radical (unpaired) electrons. The third-order valence-corrected chi connectivity index (χ3v) is 2.96. The number of alkyl halides is 3. The van der Waals surface area contributed by atoms with Crippen molar-refractivity contribution in [3.05, 3.63) is 35.9 Å². The molecule has 0 bridgehead atoms. The first-order chi connectivity index (χ1) is 8.41. The third-order valence-electron chi connectivity index (χ3n) is 2.34. The maximum Gasteiger partial charge on any atom is 0.416 e. The van der Waals surface area contributed by atoms with E-state index < -0.39 is 11.7 Å². The largest absolute Gasteiger partial charge is 0.416 e. The van der Waals surface area contributed by atoms with Gasteiger partial charge in [-0.1, -0.05) is 6.07 Å². The number of hydrogen-bond acceptors (Lipinski definition) is 3. The number of aromatic nitrogens is 2. The second kappa shape index (κ2) is 4.56. The summed E-state index contributed by atoms with van der Waals surface area (Å²) in [5.74, 6) is 0.304. The molecule has 1 heterocycles. The first kappa shape index (κ1) is 12.8. The second-order valence-corrected chi connectivity index (χ2v) is 4.40. The molecule has 0 aliphatic rings. The Morgan fingerprint density at radius 2 is 2.00 bits per heavy atom. The molecule has 7 heteroatoms. The molecule has 18 heavy (non-hydrogen) atoms.